The first-order valence-corrected chi connectivity index (χ1v) is 10.1. The van der Waals surface area contributed by atoms with Gasteiger partial charge in [0, 0.05) is 6.61 Å². The molecule has 2 aliphatic rings. The molecule has 3 rings (SSSR count). The van der Waals surface area contributed by atoms with E-state index in [1.807, 2.05) is 0 Å². The topological polar surface area (TPSA) is 179 Å². The van der Waals surface area contributed by atoms with Crippen LogP contribution in [0.15, 0.2) is 24.3 Å². The Morgan fingerprint density at radius 2 is 1.39 bits per heavy atom. The first kappa shape index (κ1) is 24.3. The molecule has 11 heteroatoms. The molecule has 31 heavy (non-hydrogen) atoms. The van der Waals surface area contributed by atoms with Gasteiger partial charge >= 0.3 is 0 Å². The third kappa shape index (κ3) is 5.52. The Morgan fingerprint density at radius 1 is 0.774 bits per heavy atom. The Morgan fingerprint density at radius 3 is 2.03 bits per heavy atom. The summed E-state index contributed by atoms with van der Waals surface area (Å²) in [5.74, 6) is 0.339. The van der Waals surface area contributed by atoms with Crippen molar-refractivity contribution >= 4 is 0 Å². The first-order valence-electron chi connectivity index (χ1n) is 10.1. The van der Waals surface area contributed by atoms with E-state index in [1.54, 1.807) is 24.3 Å². The van der Waals surface area contributed by atoms with Crippen LogP contribution in [0.5, 0.6) is 5.75 Å². The number of ether oxygens (including phenoxy) is 4. The van der Waals surface area contributed by atoms with Crippen LogP contribution in [0.2, 0.25) is 0 Å². The van der Waals surface area contributed by atoms with Crippen molar-refractivity contribution in [2.45, 2.75) is 74.8 Å². The van der Waals surface area contributed by atoms with E-state index < -0.39 is 61.4 Å². The summed E-state index contributed by atoms with van der Waals surface area (Å²) in [5, 5.41) is 69.3. The largest absolute Gasteiger partial charge is 0.462 e. The molecule has 0 aliphatic carbocycles. The molecule has 10 atom stereocenters. The molecule has 7 N–H and O–H groups in total. The van der Waals surface area contributed by atoms with Crippen LogP contribution in [0.25, 0.3) is 0 Å². The lowest BCUT2D eigenvalue weighted by molar-refractivity contribution is -0.318. The second-order valence-corrected chi connectivity index (χ2v) is 7.76. The average molecular weight is 446 g/mol. The van der Waals surface area contributed by atoms with E-state index in [9.17, 15) is 30.6 Å². The van der Waals surface area contributed by atoms with Gasteiger partial charge in [-0.15, -0.1) is 0 Å². The van der Waals surface area contributed by atoms with E-state index in [1.165, 1.54) is 6.92 Å². The summed E-state index contributed by atoms with van der Waals surface area (Å²) >= 11 is 0. The minimum atomic E-state index is -1.59. The fraction of sp³-hybridized carbons (Fsp3) is 0.700. The molecule has 2 aliphatic heterocycles. The molecule has 2 saturated heterocycles. The highest BCUT2D eigenvalue weighted by atomic mass is 16.7. The third-order valence-electron chi connectivity index (χ3n) is 5.48. The molecule has 0 saturated carbocycles. The fourth-order valence-electron chi connectivity index (χ4n) is 3.49. The molecule has 0 unspecified atom stereocenters. The van der Waals surface area contributed by atoms with Crippen LogP contribution in [0, 0.1) is 0 Å². The van der Waals surface area contributed by atoms with Crippen LogP contribution < -0.4 is 4.74 Å². The van der Waals surface area contributed by atoms with Gasteiger partial charge in [-0.3, -0.25) is 0 Å². The van der Waals surface area contributed by atoms with E-state index >= 15 is 0 Å². The summed E-state index contributed by atoms with van der Waals surface area (Å²) in [6.07, 6.45) is -13.1. The van der Waals surface area contributed by atoms with Crippen molar-refractivity contribution in [2.24, 2.45) is 0 Å². The van der Waals surface area contributed by atoms with Crippen molar-refractivity contribution in [3.05, 3.63) is 29.8 Å². The monoisotopic (exact) mass is 446 g/mol. The van der Waals surface area contributed by atoms with Crippen LogP contribution >= 0.6 is 0 Å². The number of benzene rings is 1. The summed E-state index contributed by atoms with van der Waals surface area (Å²) < 4.78 is 21.9. The molecule has 0 radical (unpaired) electrons. The zero-order valence-corrected chi connectivity index (χ0v) is 17.0. The van der Waals surface area contributed by atoms with Gasteiger partial charge in [0.25, 0.3) is 0 Å². The SMILES string of the molecule is C[C@@H]1O[C@@H](OC[C@H]2O[C@@H](Oc3ccc(CCO)cc3)[C@H](O)[C@@H](O)[C@@H]2O)[C@H](O)[C@H](O)[C@H]1O. The normalized spacial score (nSPS) is 41.2. The van der Waals surface area contributed by atoms with Gasteiger partial charge in [0.05, 0.1) is 12.7 Å². The third-order valence-corrected chi connectivity index (χ3v) is 5.48. The first-order chi connectivity index (χ1) is 14.7. The zero-order chi connectivity index (χ0) is 22.7. The van der Waals surface area contributed by atoms with Gasteiger partial charge in [0.1, 0.15) is 48.5 Å². The van der Waals surface area contributed by atoms with Gasteiger partial charge in [-0.05, 0) is 31.0 Å². The Kier molecular flexibility index (Phi) is 8.21. The van der Waals surface area contributed by atoms with Gasteiger partial charge in [-0.25, -0.2) is 0 Å². The van der Waals surface area contributed by atoms with Crippen LogP contribution in [0.3, 0.4) is 0 Å². The lowest BCUT2D eigenvalue weighted by Crippen LogP contribution is -2.61. The van der Waals surface area contributed by atoms with E-state index in [0.717, 1.165) is 5.56 Å². The maximum Gasteiger partial charge on any atom is 0.229 e. The maximum absolute atomic E-state index is 10.2. The van der Waals surface area contributed by atoms with Crippen molar-refractivity contribution in [3.8, 4) is 5.75 Å². The van der Waals surface area contributed by atoms with Crippen LogP contribution in [0.1, 0.15) is 12.5 Å². The van der Waals surface area contributed by atoms with Crippen molar-refractivity contribution < 1.29 is 54.7 Å². The zero-order valence-electron chi connectivity index (χ0n) is 17.0. The quantitative estimate of drug-likeness (QED) is 0.231. The molecule has 176 valence electrons. The highest BCUT2D eigenvalue weighted by Crippen LogP contribution is 2.27. The summed E-state index contributed by atoms with van der Waals surface area (Å²) in [7, 11) is 0. The fourth-order valence-corrected chi connectivity index (χ4v) is 3.49. The molecular weight excluding hydrogens is 416 g/mol. The number of hydrogen-bond acceptors (Lipinski definition) is 11. The molecule has 11 nitrogen and oxygen atoms in total. The lowest BCUT2D eigenvalue weighted by Gasteiger charge is -2.42. The molecule has 1 aromatic rings. The summed E-state index contributed by atoms with van der Waals surface area (Å²) in [6, 6.07) is 6.69. The molecule has 1 aromatic carbocycles. The van der Waals surface area contributed by atoms with Crippen LogP contribution in [-0.4, -0.2) is 110 Å². The van der Waals surface area contributed by atoms with E-state index in [2.05, 4.69) is 0 Å². The van der Waals surface area contributed by atoms with Crippen LogP contribution in [0.4, 0.5) is 0 Å². The lowest BCUT2D eigenvalue weighted by atomic mass is 9.98. The summed E-state index contributed by atoms with van der Waals surface area (Å²) in [6.45, 7) is 1.14. The van der Waals surface area contributed by atoms with Crippen LogP contribution in [-0.2, 0) is 20.6 Å². The van der Waals surface area contributed by atoms with Crippen molar-refractivity contribution in [1.29, 1.82) is 0 Å². The van der Waals surface area contributed by atoms with Crippen molar-refractivity contribution in [1.82, 2.24) is 0 Å². The van der Waals surface area contributed by atoms with Gasteiger partial charge in [-0.1, -0.05) is 12.1 Å². The molecule has 2 fully saturated rings. The highest BCUT2D eigenvalue weighted by Gasteiger charge is 2.47. The summed E-state index contributed by atoms with van der Waals surface area (Å²) in [4.78, 5) is 0. The minimum absolute atomic E-state index is 0.00455. The molecule has 0 aromatic heterocycles. The Bertz CT molecular complexity index is 686. The average Bonchev–Trinajstić information content (AvgIpc) is 2.76. The number of hydrogen-bond donors (Lipinski definition) is 7. The number of aliphatic hydroxyl groups excluding tert-OH is 7. The molecular formula is C20H30O11. The predicted octanol–water partition coefficient (Wildman–Crippen LogP) is -2.75. The van der Waals surface area contributed by atoms with Gasteiger partial charge in [0.15, 0.2) is 6.29 Å². The molecule has 2 heterocycles. The van der Waals surface area contributed by atoms with E-state index in [0.29, 0.717) is 12.2 Å². The number of rotatable bonds is 7. The molecule has 0 amide bonds. The molecule has 0 spiro atoms. The van der Waals surface area contributed by atoms with Crippen molar-refractivity contribution in [2.75, 3.05) is 13.2 Å². The van der Waals surface area contributed by atoms with Gasteiger partial charge < -0.3 is 54.7 Å². The Balaban J connectivity index is 1.61. The van der Waals surface area contributed by atoms with E-state index in [4.69, 9.17) is 24.1 Å². The predicted molar refractivity (Wildman–Crippen MR) is 103 cm³/mol. The maximum atomic E-state index is 10.2. The second-order valence-electron chi connectivity index (χ2n) is 7.76. The van der Waals surface area contributed by atoms with Gasteiger partial charge in [-0.2, -0.15) is 0 Å². The Labute approximate surface area is 179 Å². The van der Waals surface area contributed by atoms with Crippen molar-refractivity contribution in [3.63, 3.8) is 0 Å². The minimum Gasteiger partial charge on any atom is -0.462 e. The molecule has 0 bridgehead atoms. The second kappa shape index (κ2) is 10.5. The number of aliphatic hydroxyl groups is 7. The van der Waals surface area contributed by atoms with Gasteiger partial charge in [0.2, 0.25) is 6.29 Å². The standard InChI is InChI=1S/C20H30O11/c1-9-13(22)15(24)17(26)19(29-9)28-8-12-14(23)16(25)18(27)20(31-12)30-11-4-2-10(3-5-11)6-7-21/h2-5,9,12-27H,6-8H2,1H3/t9-,12+,13-,14+,15+,16-,17+,18+,19+,20+/m0/s1. The summed E-state index contributed by atoms with van der Waals surface area (Å²) in [5.41, 5.74) is 0.884. The Hall–Kier alpha value is -1.38. The highest BCUT2D eigenvalue weighted by molar-refractivity contribution is 5.27. The van der Waals surface area contributed by atoms with E-state index in [-0.39, 0.29) is 13.2 Å². The smallest absolute Gasteiger partial charge is 0.229 e.